The normalized spacial score (nSPS) is 20.0. The van der Waals surface area contributed by atoms with Gasteiger partial charge in [0.05, 0.1) is 29.3 Å². The van der Waals surface area contributed by atoms with Gasteiger partial charge < -0.3 is 14.2 Å². The van der Waals surface area contributed by atoms with E-state index in [9.17, 15) is 4.79 Å². The van der Waals surface area contributed by atoms with Crippen molar-refractivity contribution in [3.05, 3.63) is 59.7 Å². The molecule has 0 bridgehead atoms. The topological polar surface area (TPSA) is 63.5 Å². The van der Waals surface area contributed by atoms with Crippen LogP contribution in [0.1, 0.15) is 83.4 Å². The second-order valence-electron chi connectivity index (χ2n) is 12.8. The van der Waals surface area contributed by atoms with Gasteiger partial charge in [0, 0.05) is 32.4 Å². The highest BCUT2D eigenvalue weighted by Crippen LogP contribution is 2.35. The van der Waals surface area contributed by atoms with Crippen molar-refractivity contribution < 1.29 is 9.53 Å². The number of carbonyl (C=O) groups excluding carboxylic acids is 1. The van der Waals surface area contributed by atoms with Crippen molar-refractivity contribution in [1.82, 2.24) is 24.3 Å². The molecule has 7 nitrogen and oxygen atoms in total. The lowest BCUT2D eigenvalue weighted by molar-refractivity contribution is 0.0157. The van der Waals surface area contributed by atoms with Gasteiger partial charge >= 0.3 is 6.09 Å². The third-order valence-corrected chi connectivity index (χ3v) is 7.90. The van der Waals surface area contributed by atoms with Gasteiger partial charge in [0.2, 0.25) is 0 Å². The number of likely N-dealkylation sites (tertiary alicyclic amines) is 1. The minimum absolute atomic E-state index is 0.200. The van der Waals surface area contributed by atoms with Crippen LogP contribution in [0.25, 0.3) is 11.0 Å². The third kappa shape index (κ3) is 6.63. The van der Waals surface area contributed by atoms with E-state index in [0.717, 1.165) is 69.7 Å². The Balaban J connectivity index is 1.42. The van der Waals surface area contributed by atoms with E-state index in [2.05, 4.69) is 59.7 Å². The fourth-order valence-corrected chi connectivity index (χ4v) is 6.31. The smallest absolute Gasteiger partial charge is 0.410 e. The molecule has 5 rings (SSSR count). The van der Waals surface area contributed by atoms with E-state index in [1.165, 1.54) is 23.2 Å². The Morgan fingerprint density at radius 2 is 1.95 bits per heavy atom. The fourth-order valence-electron chi connectivity index (χ4n) is 6.31. The summed E-state index contributed by atoms with van der Waals surface area (Å²) in [7, 11) is 0. The van der Waals surface area contributed by atoms with E-state index in [0.29, 0.717) is 17.9 Å². The van der Waals surface area contributed by atoms with Crippen LogP contribution in [0, 0.1) is 11.8 Å². The fraction of sp³-hybridized carbons (Fsp3) is 0.594. The van der Waals surface area contributed by atoms with Gasteiger partial charge in [-0.25, -0.2) is 9.78 Å². The maximum Gasteiger partial charge on any atom is 0.410 e. The standard InChI is InChI=1S/C32H45N5O2/c1-23(2)19-36(28-16-8-12-25-13-9-17-33-30(25)28)22-29-34-26-14-6-7-15-27(26)37(29)21-24-11-10-18-35(20-24)31(38)39-32(3,4)5/h6-7,9,13-15,17,23-24,28H,8,10-12,16,18-22H2,1-5H3/t24-,28-/m0/s1. The largest absolute Gasteiger partial charge is 0.444 e. The quantitative estimate of drug-likeness (QED) is 0.343. The number of rotatable bonds is 7. The molecule has 1 amide bonds. The first kappa shape index (κ1) is 27.6. The summed E-state index contributed by atoms with van der Waals surface area (Å²) in [5.41, 5.74) is 4.37. The second kappa shape index (κ2) is 11.7. The summed E-state index contributed by atoms with van der Waals surface area (Å²) in [4.78, 5) is 27.4. The molecular weight excluding hydrogens is 486 g/mol. The van der Waals surface area contributed by atoms with E-state index in [1.807, 2.05) is 31.9 Å². The van der Waals surface area contributed by atoms with Crippen molar-refractivity contribution in [2.24, 2.45) is 11.8 Å². The first-order valence-electron chi connectivity index (χ1n) is 14.8. The van der Waals surface area contributed by atoms with Crippen LogP contribution in [0.4, 0.5) is 4.79 Å². The molecule has 210 valence electrons. The Morgan fingerprint density at radius 3 is 2.74 bits per heavy atom. The number of nitrogens with zero attached hydrogens (tertiary/aromatic N) is 5. The van der Waals surface area contributed by atoms with Crippen LogP contribution >= 0.6 is 0 Å². The summed E-state index contributed by atoms with van der Waals surface area (Å²) in [6.07, 6.45) is 7.27. The molecular formula is C32H45N5O2. The van der Waals surface area contributed by atoms with Crippen molar-refractivity contribution in [2.45, 2.75) is 91.5 Å². The molecule has 2 aliphatic rings. The van der Waals surface area contributed by atoms with E-state index < -0.39 is 5.60 Å². The molecule has 1 aliphatic carbocycles. The van der Waals surface area contributed by atoms with Crippen molar-refractivity contribution in [3.63, 3.8) is 0 Å². The number of carbonyl (C=O) groups is 1. The lowest BCUT2D eigenvalue weighted by Crippen LogP contribution is -2.43. The molecule has 2 atom stereocenters. The molecule has 7 heteroatoms. The number of amides is 1. The first-order chi connectivity index (χ1) is 18.7. The maximum atomic E-state index is 12.8. The minimum atomic E-state index is -0.482. The van der Waals surface area contributed by atoms with Crippen molar-refractivity contribution in [3.8, 4) is 0 Å². The predicted molar refractivity (Wildman–Crippen MR) is 155 cm³/mol. The zero-order valence-electron chi connectivity index (χ0n) is 24.4. The molecule has 3 aromatic rings. The molecule has 1 aliphatic heterocycles. The zero-order chi connectivity index (χ0) is 27.6. The highest BCUT2D eigenvalue weighted by Gasteiger charge is 2.31. The monoisotopic (exact) mass is 531 g/mol. The van der Waals surface area contributed by atoms with E-state index in [4.69, 9.17) is 14.7 Å². The van der Waals surface area contributed by atoms with Crippen LogP contribution in [-0.4, -0.2) is 55.7 Å². The Kier molecular flexibility index (Phi) is 8.27. The predicted octanol–water partition coefficient (Wildman–Crippen LogP) is 6.61. The number of aromatic nitrogens is 3. The van der Waals surface area contributed by atoms with Gasteiger partial charge in [-0.3, -0.25) is 9.88 Å². The molecule has 39 heavy (non-hydrogen) atoms. The van der Waals surface area contributed by atoms with Crippen LogP contribution in [-0.2, 0) is 24.2 Å². The van der Waals surface area contributed by atoms with Gasteiger partial charge in [0.15, 0.2) is 0 Å². The number of aryl methyl sites for hydroxylation is 1. The van der Waals surface area contributed by atoms with Crippen molar-refractivity contribution in [1.29, 1.82) is 0 Å². The summed E-state index contributed by atoms with van der Waals surface area (Å²) in [6.45, 7) is 14.5. The van der Waals surface area contributed by atoms with E-state index in [-0.39, 0.29) is 6.09 Å². The third-order valence-electron chi connectivity index (χ3n) is 7.90. The van der Waals surface area contributed by atoms with Crippen molar-refractivity contribution in [2.75, 3.05) is 19.6 Å². The van der Waals surface area contributed by atoms with Gasteiger partial charge in [-0.2, -0.15) is 0 Å². The molecule has 0 spiro atoms. The molecule has 2 aromatic heterocycles. The number of ether oxygens (including phenoxy) is 1. The molecule has 1 saturated heterocycles. The zero-order valence-corrected chi connectivity index (χ0v) is 24.4. The number of pyridine rings is 1. The Hall–Kier alpha value is -2.93. The minimum Gasteiger partial charge on any atom is -0.444 e. The van der Waals surface area contributed by atoms with Crippen LogP contribution in [0.3, 0.4) is 0 Å². The lowest BCUT2D eigenvalue weighted by atomic mass is 9.90. The number of benzene rings is 1. The van der Waals surface area contributed by atoms with Gasteiger partial charge in [-0.05, 0) is 88.5 Å². The summed E-state index contributed by atoms with van der Waals surface area (Å²) in [5, 5.41) is 0. The van der Waals surface area contributed by atoms with E-state index >= 15 is 0 Å². The average Bonchev–Trinajstić information content (AvgIpc) is 3.23. The molecule has 0 radical (unpaired) electrons. The van der Waals surface area contributed by atoms with Gasteiger partial charge in [0.25, 0.3) is 0 Å². The van der Waals surface area contributed by atoms with Crippen LogP contribution < -0.4 is 0 Å². The van der Waals surface area contributed by atoms with Crippen molar-refractivity contribution >= 4 is 17.1 Å². The summed E-state index contributed by atoms with van der Waals surface area (Å²) in [5.74, 6) is 2.00. The molecule has 3 heterocycles. The maximum absolute atomic E-state index is 12.8. The molecule has 0 saturated carbocycles. The number of piperidine rings is 1. The average molecular weight is 532 g/mol. The summed E-state index contributed by atoms with van der Waals surface area (Å²) >= 11 is 0. The number of hydrogen-bond acceptors (Lipinski definition) is 5. The van der Waals surface area contributed by atoms with Crippen LogP contribution in [0.5, 0.6) is 0 Å². The summed E-state index contributed by atoms with van der Waals surface area (Å²) < 4.78 is 8.12. The van der Waals surface area contributed by atoms with Gasteiger partial charge in [0.1, 0.15) is 11.4 Å². The first-order valence-corrected chi connectivity index (χ1v) is 14.8. The molecule has 1 fully saturated rings. The highest BCUT2D eigenvalue weighted by atomic mass is 16.6. The molecule has 0 unspecified atom stereocenters. The van der Waals surface area contributed by atoms with E-state index in [1.54, 1.807) is 0 Å². The van der Waals surface area contributed by atoms with Crippen LogP contribution in [0.2, 0.25) is 0 Å². The number of para-hydroxylation sites is 2. The Labute approximate surface area is 233 Å². The molecule has 0 N–H and O–H groups in total. The number of imidazole rings is 1. The SMILES string of the molecule is CC(C)CN(Cc1nc2ccccc2n1C[C@H]1CCCN(C(=O)OC(C)(C)C)C1)[C@H]1CCCc2cccnc21. The van der Waals surface area contributed by atoms with Gasteiger partial charge in [-0.1, -0.05) is 32.0 Å². The summed E-state index contributed by atoms with van der Waals surface area (Å²) in [6, 6.07) is 13.1. The van der Waals surface area contributed by atoms with Crippen LogP contribution in [0.15, 0.2) is 42.6 Å². The van der Waals surface area contributed by atoms with Gasteiger partial charge in [-0.15, -0.1) is 0 Å². The Morgan fingerprint density at radius 1 is 1.13 bits per heavy atom. The lowest BCUT2D eigenvalue weighted by Gasteiger charge is -2.36. The molecule has 1 aromatic carbocycles. The highest BCUT2D eigenvalue weighted by molar-refractivity contribution is 5.76. The number of fused-ring (bicyclic) bond motifs is 2. The number of hydrogen-bond donors (Lipinski definition) is 0. The Bertz CT molecular complexity index is 1280. The second-order valence-corrected chi connectivity index (χ2v) is 12.8.